The summed E-state index contributed by atoms with van der Waals surface area (Å²) in [7, 11) is 0. The summed E-state index contributed by atoms with van der Waals surface area (Å²) in [6, 6.07) is 16.9. The van der Waals surface area contributed by atoms with E-state index >= 15 is 0 Å². The maximum Gasteiger partial charge on any atom is 0.0471 e. The molecule has 0 saturated carbocycles. The van der Waals surface area contributed by atoms with Gasteiger partial charge in [0.1, 0.15) is 0 Å². The van der Waals surface area contributed by atoms with Gasteiger partial charge < -0.3 is 10.2 Å². The Balaban J connectivity index is 2.30. The predicted octanol–water partition coefficient (Wildman–Crippen LogP) is 3.06. The van der Waals surface area contributed by atoms with Gasteiger partial charge in [0, 0.05) is 13.2 Å². The summed E-state index contributed by atoms with van der Waals surface area (Å²) >= 11 is 0. The van der Waals surface area contributed by atoms with Crippen molar-refractivity contribution in [3.63, 3.8) is 0 Å². The van der Waals surface area contributed by atoms with Crippen LogP contribution >= 0.6 is 0 Å². The fraction of sp³-hybridized carbons (Fsp3) is 0.222. The Morgan fingerprint density at radius 1 is 0.700 bits per heavy atom. The molecule has 0 aliphatic rings. The second kappa shape index (κ2) is 5.61. The van der Waals surface area contributed by atoms with E-state index in [1.165, 1.54) is 21.5 Å². The van der Waals surface area contributed by atoms with Gasteiger partial charge in [-0.05, 0) is 57.6 Å². The van der Waals surface area contributed by atoms with E-state index in [2.05, 4.69) is 36.4 Å². The third-order valence-corrected chi connectivity index (χ3v) is 3.84. The Labute approximate surface area is 118 Å². The van der Waals surface area contributed by atoms with Crippen molar-refractivity contribution in [2.75, 3.05) is 13.2 Å². The highest BCUT2D eigenvalue weighted by Crippen LogP contribution is 2.28. The Hall–Kier alpha value is -1.90. The molecule has 0 amide bonds. The van der Waals surface area contributed by atoms with Crippen LogP contribution in [-0.4, -0.2) is 23.4 Å². The van der Waals surface area contributed by atoms with Crippen molar-refractivity contribution in [2.24, 2.45) is 0 Å². The predicted molar refractivity (Wildman–Crippen MR) is 83.0 cm³/mol. The SMILES string of the molecule is OCCc1ccc2cc3ccccc3cc2c1CCO. The van der Waals surface area contributed by atoms with Crippen molar-refractivity contribution < 1.29 is 10.2 Å². The van der Waals surface area contributed by atoms with E-state index in [0.29, 0.717) is 12.8 Å². The first-order valence-electron chi connectivity index (χ1n) is 6.98. The lowest BCUT2D eigenvalue weighted by Gasteiger charge is -2.13. The van der Waals surface area contributed by atoms with Crippen LogP contribution in [0.25, 0.3) is 21.5 Å². The van der Waals surface area contributed by atoms with Gasteiger partial charge in [0.15, 0.2) is 0 Å². The largest absolute Gasteiger partial charge is 0.396 e. The third-order valence-electron chi connectivity index (χ3n) is 3.84. The monoisotopic (exact) mass is 266 g/mol. The summed E-state index contributed by atoms with van der Waals surface area (Å²) in [5, 5.41) is 23.3. The Bertz CT molecular complexity index is 747. The summed E-state index contributed by atoms with van der Waals surface area (Å²) in [5.74, 6) is 0. The van der Waals surface area contributed by atoms with Crippen LogP contribution < -0.4 is 0 Å². The normalized spacial score (nSPS) is 11.3. The summed E-state index contributed by atoms with van der Waals surface area (Å²) in [4.78, 5) is 0. The summed E-state index contributed by atoms with van der Waals surface area (Å²) in [5.41, 5.74) is 2.29. The molecule has 0 radical (unpaired) electrons. The van der Waals surface area contributed by atoms with E-state index in [1.807, 2.05) is 12.1 Å². The van der Waals surface area contributed by atoms with Crippen LogP contribution in [0.3, 0.4) is 0 Å². The highest BCUT2D eigenvalue weighted by molar-refractivity contribution is 6.00. The molecular weight excluding hydrogens is 248 g/mol. The minimum Gasteiger partial charge on any atom is -0.396 e. The van der Waals surface area contributed by atoms with Gasteiger partial charge in [-0.1, -0.05) is 36.4 Å². The molecule has 3 aromatic rings. The minimum atomic E-state index is 0.129. The zero-order chi connectivity index (χ0) is 13.9. The van der Waals surface area contributed by atoms with Gasteiger partial charge >= 0.3 is 0 Å². The van der Waals surface area contributed by atoms with Crippen molar-refractivity contribution in [3.05, 3.63) is 59.7 Å². The molecule has 102 valence electrons. The van der Waals surface area contributed by atoms with Crippen LogP contribution in [0, 0.1) is 0 Å². The molecule has 0 bridgehead atoms. The second-order valence-corrected chi connectivity index (χ2v) is 5.07. The molecule has 0 heterocycles. The molecule has 0 aromatic heterocycles. The molecule has 3 rings (SSSR count). The molecule has 20 heavy (non-hydrogen) atoms. The molecule has 2 nitrogen and oxygen atoms in total. The second-order valence-electron chi connectivity index (χ2n) is 5.07. The van der Waals surface area contributed by atoms with Crippen LogP contribution in [0.4, 0.5) is 0 Å². The van der Waals surface area contributed by atoms with Crippen LogP contribution in [0.5, 0.6) is 0 Å². The number of aliphatic hydroxyl groups excluding tert-OH is 2. The van der Waals surface area contributed by atoms with E-state index in [0.717, 1.165) is 11.1 Å². The fourth-order valence-electron chi connectivity index (χ4n) is 2.88. The smallest absolute Gasteiger partial charge is 0.0471 e. The van der Waals surface area contributed by atoms with Crippen molar-refractivity contribution in [2.45, 2.75) is 12.8 Å². The molecular formula is C18H18O2. The highest BCUT2D eigenvalue weighted by atomic mass is 16.3. The molecule has 0 aliphatic heterocycles. The number of aliphatic hydroxyl groups is 2. The van der Waals surface area contributed by atoms with Crippen molar-refractivity contribution in [1.29, 1.82) is 0 Å². The van der Waals surface area contributed by atoms with E-state index < -0.39 is 0 Å². The zero-order valence-electron chi connectivity index (χ0n) is 11.3. The quantitative estimate of drug-likeness (QED) is 0.712. The molecule has 0 fully saturated rings. The van der Waals surface area contributed by atoms with E-state index in [9.17, 15) is 10.2 Å². The van der Waals surface area contributed by atoms with Crippen LogP contribution in [0.15, 0.2) is 48.5 Å². The standard InChI is InChI=1S/C18H18O2/c19-9-7-13-5-6-16-11-14-3-1-2-4-15(14)12-18(16)17(13)8-10-20/h1-6,11-12,19-20H,7-10H2. The zero-order valence-corrected chi connectivity index (χ0v) is 11.3. The van der Waals surface area contributed by atoms with Gasteiger partial charge in [-0.2, -0.15) is 0 Å². The average Bonchev–Trinajstić information content (AvgIpc) is 2.48. The van der Waals surface area contributed by atoms with Gasteiger partial charge in [0.05, 0.1) is 0 Å². The molecule has 0 spiro atoms. The Morgan fingerprint density at radius 3 is 2.10 bits per heavy atom. The summed E-state index contributed by atoms with van der Waals surface area (Å²) in [6.45, 7) is 0.266. The number of hydrogen-bond donors (Lipinski definition) is 2. The van der Waals surface area contributed by atoms with E-state index in [1.54, 1.807) is 0 Å². The third kappa shape index (κ3) is 2.28. The maximum atomic E-state index is 9.32. The van der Waals surface area contributed by atoms with Gasteiger partial charge in [-0.3, -0.25) is 0 Å². The fourth-order valence-corrected chi connectivity index (χ4v) is 2.88. The average molecular weight is 266 g/mol. The number of hydrogen-bond acceptors (Lipinski definition) is 2. The van der Waals surface area contributed by atoms with E-state index in [4.69, 9.17) is 0 Å². The first-order valence-corrected chi connectivity index (χ1v) is 6.98. The Morgan fingerprint density at radius 2 is 1.40 bits per heavy atom. The molecule has 0 saturated heterocycles. The lowest BCUT2D eigenvalue weighted by molar-refractivity contribution is 0.293. The molecule has 0 unspecified atom stereocenters. The molecule has 0 atom stereocenters. The molecule has 0 aliphatic carbocycles. The van der Waals surface area contributed by atoms with Crippen molar-refractivity contribution >= 4 is 21.5 Å². The maximum absolute atomic E-state index is 9.32. The minimum absolute atomic E-state index is 0.129. The van der Waals surface area contributed by atoms with Crippen LogP contribution in [0.1, 0.15) is 11.1 Å². The Kier molecular flexibility index (Phi) is 3.68. The van der Waals surface area contributed by atoms with Crippen LogP contribution in [-0.2, 0) is 12.8 Å². The number of benzene rings is 3. The topological polar surface area (TPSA) is 40.5 Å². The van der Waals surface area contributed by atoms with E-state index in [-0.39, 0.29) is 13.2 Å². The van der Waals surface area contributed by atoms with Gasteiger partial charge in [-0.25, -0.2) is 0 Å². The molecule has 2 heteroatoms. The molecule has 3 aromatic carbocycles. The van der Waals surface area contributed by atoms with Gasteiger partial charge in [0.25, 0.3) is 0 Å². The highest BCUT2D eigenvalue weighted by Gasteiger charge is 2.08. The summed E-state index contributed by atoms with van der Waals surface area (Å²) < 4.78 is 0. The lowest BCUT2D eigenvalue weighted by Crippen LogP contribution is -2.01. The van der Waals surface area contributed by atoms with Gasteiger partial charge in [0.2, 0.25) is 0 Å². The van der Waals surface area contributed by atoms with Crippen LogP contribution in [0.2, 0.25) is 0 Å². The molecule has 2 N–H and O–H groups in total. The number of fused-ring (bicyclic) bond motifs is 2. The van der Waals surface area contributed by atoms with Gasteiger partial charge in [-0.15, -0.1) is 0 Å². The van der Waals surface area contributed by atoms with Crippen molar-refractivity contribution in [3.8, 4) is 0 Å². The lowest BCUT2D eigenvalue weighted by atomic mass is 9.93. The number of rotatable bonds is 4. The van der Waals surface area contributed by atoms with Crippen molar-refractivity contribution in [1.82, 2.24) is 0 Å². The first kappa shape index (κ1) is 13.1. The summed E-state index contributed by atoms with van der Waals surface area (Å²) in [6.07, 6.45) is 1.27. The first-order chi connectivity index (χ1) is 9.83.